The SMILES string of the molecule is Cc1cc(F)ccc1CCNCc1cc(C#N)n(C)c1C. The van der Waals surface area contributed by atoms with Crippen LogP contribution in [0.25, 0.3) is 0 Å². The largest absolute Gasteiger partial charge is 0.340 e. The molecule has 0 aliphatic carbocycles. The van der Waals surface area contributed by atoms with Gasteiger partial charge in [-0.1, -0.05) is 6.07 Å². The van der Waals surface area contributed by atoms with Crippen LogP contribution in [0.5, 0.6) is 0 Å². The molecule has 21 heavy (non-hydrogen) atoms. The Balaban J connectivity index is 1.89. The molecule has 0 fully saturated rings. The van der Waals surface area contributed by atoms with E-state index < -0.39 is 0 Å². The van der Waals surface area contributed by atoms with E-state index in [0.717, 1.165) is 41.9 Å². The van der Waals surface area contributed by atoms with Crippen molar-refractivity contribution >= 4 is 0 Å². The lowest BCUT2D eigenvalue weighted by atomic mass is 10.1. The van der Waals surface area contributed by atoms with Crippen molar-refractivity contribution in [3.8, 4) is 6.07 Å². The zero-order chi connectivity index (χ0) is 15.4. The Hall–Kier alpha value is -2.12. The van der Waals surface area contributed by atoms with E-state index in [1.807, 2.05) is 37.6 Å². The van der Waals surface area contributed by atoms with Gasteiger partial charge in [0.1, 0.15) is 17.6 Å². The molecule has 1 aromatic carbocycles. The highest BCUT2D eigenvalue weighted by Gasteiger charge is 2.08. The van der Waals surface area contributed by atoms with Crippen molar-refractivity contribution < 1.29 is 4.39 Å². The lowest BCUT2D eigenvalue weighted by Crippen LogP contribution is -2.17. The summed E-state index contributed by atoms with van der Waals surface area (Å²) >= 11 is 0. The molecular formula is C17H20FN3. The van der Waals surface area contributed by atoms with Crippen molar-refractivity contribution in [2.45, 2.75) is 26.8 Å². The van der Waals surface area contributed by atoms with Crippen molar-refractivity contribution in [2.75, 3.05) is 6.54 Å². The van der Waals surface area contributed by atoms with Crippen LogP contribution in [-0.4, -0.2) is 11.1 Å². The quantitative estimate of drug-likeness (QED) is 0.858. The summed E-state index contributed by atoms with van der Waals surface area (Å²) in [7, 11) is 1.90. The summed E-state index contributed by atoms with van der Waals surface area (Å²) in [5, 5.41) is 12.4. The lowest BCUT2D eigenvalue weighted by Gasteiger charge is -2.08. The summed E-state index contributed by atoms with van der Waals surface area (Å²) in [5.41, 5.74) is 5.08. The van der Waals surface area contributed by atoms with Crippen LogP contribution < -0.4 is 5.32 Å². The molecule has 1 heterocycles. The van der Waals surface area contributed by atoms with Gasteiger partial charge in [0, 0.05) is 19.3 Å². The fraction of sp³-hybridized carbons (Fsp3) is 0.353. The smallest absolute Gasteiger partial charge is 0.123 e. The summed E-state index contributed by atoms with van der Waals surface area (Å²) < 4.78 is 14.9. The summed E-state index contributed by atoms with van der Waals surface area (Å²) in [6.45, 7) is 5.51. The lowest BCUT2D eigenvalue weighted by molar-refractivity contribution is 0.624. The normalized spacial score (nSPS) is 10.6. The average Bonchev–Trinajstić information content (AvgIpc) is 2.73. The molecule has 0 atom stereocenters. The van der Waals surface area contributed by atoms with Crippen LogP contribution in [0.4, 0.5) is 4.39 Å². The molecule has 1 N–H and O–H groups in total. The highest BCUT2D eigenvalue weighted by atomic mass is 19.1. The Kier molecular flexibility index (Phi) is 4.77. The molecule has 0 saturated heterocycles. The van der Waals surface area contributed by atoms with Gasteiger partial charge in [0.25, 0.3) is 0 Å². The second-order valence-electron chi connectivity index (χ2n) is 5.31. The van der Waals surface area contributed by atoms with E-state index in [9.17, 15) is 4.39 Å². The Labute approximate surface area is 125 Å². The Morgan fingerprint density at radius 2 is 2.00 bits per heavy atom. The molecule has 2 aromatic rings. The van der Waals surface area contributed by atoms with Gasteiger partial charge < -0.3 is 9.88 Å². The molecule has 0 saturated carbocycles. The molecule has 0 radical (unpaired) electrons. The second-order valence-corrected chi connectivity index (χ2v) is 5.31. The molecule has 3 nitrogen and oxygen atoms in total. The number of nitriles is 1. The van der Waals surface area contributed by atoms with Crippen LogP contribution >= 0.6 is 0 Å². The molecule has 110 valence electrons. The predicted molar refractivity (Wildman–Crippen MR) is 81.4 cm³/mol. The van der Waals surface area contributed by atoms with Gasteiger partial charge in [0.2, 0.25) is 0 Å². The molecule has 0 spiro atoms. The fourth-order valence-electron chi connectivity index (χ4n) is 2.43. The van der Waals surface area contributed by atoms with Gasteiger partial charge in [-0.15, -0.1) is 0 Å². The van der Waals surface area contributed by atoms with Gasteiger partial charge in [-0.3, -0.25) is 0 Å². The first-order chi connectivity index (χ1) is 10.0. The summed E-state index contributed by atoms with van der Waals surface area (Å²) in [4.78, 5) is 0. The maximum atomic E-state index is 13.0. The third kappa shape index (κ3) is 3.50. The zero-order valence-corrected chi connectivity index (χ0v) is 12.7. The Bertz CT molecular complexity index is 680. The molecule has 0 bridgehead atoms. The topological polar surface area (TPSA) is 40.8 Å². The minimum absolute atomic E-state index is 0.187. The molecule has 0 unspecified atom stereocenters. The van der Waals surface area contributed by atoms with E-state index in [-0.39, 0.29) is 5.82 Å². The maximum Gasteiger partial charge on any atom is 0.123 e. The number of hydrogen-bond acceptors (Lipinski definition) is 2. The van der Waals surface area contributed by atoms with Crippen LogP contribution in [0.2, 0.25) is 0 Å². The van der Waals surface area contributed by atoms with E-state index in [0.29, 0.717) is 5.69 Å². The van der Waals surface area contributed by atoms with Gasteiger partial charge in [0.15, 0.2) is 0 Å². The number of rotatable bonds is 5. The molecule has 2 rings (SSSR count). The van der Waals surface area contributed by atoms with Crippen LogP contribution in [0, 0.1) is 31.0 Å². The monoisotopic (exact) mass is 285 g/mol. The van der Waals surface area contributed by atoms with Crippen LogP contribution in [0.15, 0.2) is 24.3 Å². The summed E-state index contributed by atoms with van der Waals surface area (Å²) in [5.74, 6) is -0.187. The van der Waals surface area contributed by atoms with Crippen molar-refractivity contribution in [2.24, 2.45) is 7.05 Å². The predicted octanol–water partition coefficient (Wildman–Crippen LogP) is 2.99. The first-order valence-corrected chi connectivity index (χ1v) is 7.04. The van der Waals surface area contributed by atoms with Gasteiger partial charge in [-0.2, -0.15) is 5.26 Å². The number of aryl methyl sites for hydroxylation is 1. The number of halogens is 1. The zero-order valence-electron chi connectivity index (χ0n) is 12.7. The molecule has 0 aliphatic rings. The van der Waals surface area contributed by atoms with E-state index >= 15 is 0 Å². The van der Waals surface area contributed by atoms with Crippen LogP contribution in [-0.2, 0) is 20.0 Å². The van der Waals surface area contributed by atoms with Gasteiger partial charge >= 0.3 is 0 Å². The van der Waals surface area contributed by atoms with E-state index in [4.69, 9.17) is 5.26 Å². The Morgan fingerprint density at radius 1 is 1.24 bits per heavy atom. The van der Waals surface area contributed by atoms with E-state index in [1.54, 1.807) is 6.07 Å². The molecular weight excluding hydrogens is 265 g/mol. The highest BCUT2D eigenvalue weighted by molar-refractivity contribution is 5.34. The van der Waals surface area contributed by atoms with Crippen molar-refractivity contribution in [3.05, 3.63) is 58.2 Å². The van der Waals surface area contributed by atoms with Crippen molar-refractivity contribution in [1.82, 2.24) is 9.88 Å². The highest BCUT2D eigenvalue weighted by Crippen LogP contribution is 2.13. The van der Waals surface area contributed by atoms with Crippen LogP contribution in [0.1, 0.15) is 28.1 Å². The maximum absolute atomic E-state index is 13.0. The number of benzene rings is 1. The molecule has 0 aliphatic heterocycles. The standard InChI is InChI=1S/C17H20FN3/c1-12-8-16(18)5-4-14(12)6-7-20-11-15-9-17(10-19)21(3)13(15)2/h4-5,8-9,20H,6-7,11H2,1-3H3. The third-order valence-electron chi connectivity index (χ3n) is 3.95. The summed E-state index contributed by atoms with van der Waals surface area (Å²) in [6, 6.07) is 9.02. The first kappa shape index (κ1) is 15.3. The second kappa shape index (κ2) is 6.55. The van der Waals surface area contributed by atoms with Crippen molar-refractivity contribution in [3.63, 3.8) is 0 Å². The average molecular weight is 285 g/mol. The van der Waals surface area contributed by atoms with E-state index in [2.05, 4.69) is 11.4 Å². The van der Waals surface area contributed by atoms with Crippen molar-refractivity contribution in [1.29, 1.82) is 5.26 Å². The number of nitrogens with zero attached hydrogens (tertiary/aromatic N) is 2. The van der Waals surface area contributed by atoms with Crippen LogP contribution in [0.3, 0.4) is 0 Å². The Morgan fingerprint density at radius 3 is 2.62 bits per heavy atom. The number of nitrogens with one attached hydrogen (secondary N) is 1. The minimum atomic E-state index is -0.187. The van der Waals surface area contributed by atoms with Gasteiger partial charge in [0.05, 0.1) is 0 Å². The molecule has 0 amide bonds. The molecule has 1 aromatic heterocycles. The van der Waals surface area contributed by atoms with Gasteiger partial charge in [-0.25, -0.2) is 4.39 Å². The molecule has 4 heteroatoms. The van der Waals surface area contributed by atoms with E-state index in [1.165, 1.54) is 6.07 Å². The third-order valence-corrected chi connectivity index (χ3v) is 3.95. The summed E-state index contributed by atoms with van der Waals surface area (Å²) in [6.07, 6.45) is 0.864. The first-order valence-electron chi connectivity index (χ1n) is 7.04. The minimum Gasteiger partial charge on any atom is -0.340 e. The van der Waals surface area contributed by atoms with Gasteiger partial charge in [-0.05, 0) is 61.7 Å². The number of hydrogen-bond donors (Lipinski definition) is 1. The fourth-order valence-corrected chi connectivity index (χ4v) is 2.43. The number of aromatic nitrogens is 1.